The van der Waals surface area contributed by atoms with Crippen LogP contribution in [0.1, 0.15) is 46.0 Å². The minimum atomic E-state index is -0.393. The number of carbonyl (C=O) groups is 2. The number of esters is 1. The van der Waals surface area contributed by atoms with E-state index in [9.17, 15) is 9.59 Å². The second kappa shape index (κ2) is 8.57. The van der Waals surface area contributed by atoms with Gasteiger partial charge in [-0.2, -0.15) is 0 Å². The van der Waals surface area contributed by atoms with Crippen LogP contribution in [0, 0.1) is 24.2 Å². The lowest BCUT2D eigenvalue weighted by atomic mass is 9.82. The highest BCUT2D eigenvalue weighted by Gasteiger charge is 2.49. The Morgan fingerprint density at radius 2 is 2.12 bits per heavy atom. The molecule has 1 aliphatic carbocycles. The van der Waals surface area contributed by atoms with Crippen molar-refractivity contribution in [2.75, 3.05) is 14.2 Å². The number of carbonyl (C=O) groups excluding carboxylic acids is 2. The Balaban J connectivity index is 2.12. The molecule has 1 saturated carbocycles. The van der Waals surface area contributed by atoms with E-state index in [2.05, 4.69) is 18.2 Å². The molecule has 6 atom stereocenters. The average Bonchev–Trinajstić information content (AvgIpc) is 3.01. The van der Waals surface area contributed by atoms with Crippen LogP contribution in [0.2, 0.25) is 0 Å². The number of nitrogens with one attached hydrogen (secondary N) is 1. The van der Waals surface area contributed by atoms with Crippen molar-refractivity contribution in [1.29, 1.82) is 0 Å². The molecule has 1 amide bonds. The molecule has 1 unspecified atom stereocenters. The van der Waals surface area contributed by atoms with E-state index in [-0.39, 0.29) is 42.0 Å². The van der Waals surface area contributed by atoms with Gasteiger partial charge in [0.05, 0.1) is 13.2 Å². The van der Waals surface area contributed by atoms with Gasteiger partial charge >= 0.3 is 12.1 Å². The molecule has 2 fully saturated rings. The van der Waals surface area contributed by atoms with Crippen molar-refractivity contribution >= 4 is 12.1 Å². The number of likely N-dealkylation sites (tertiary alicyclic amines) is 1. The van der Waals surface area contributed by atoms with Crippen LogP contribution in [0.15, 0.2) is 0 Å². The molecule has 25 heavy (non-hydrogen) atoms. The predicted octanol–water partition coefficient (Wildman–Crippen LogP) is 2.17. The standard InChI is InChI=1S/C19H30N2O4/c1-6-12(3)17(20-4)18(22)25-16-10-8-9-15-14(16)11-13(7-2)21(15)19(23)24-5/h2,12-17,20H,6,8-11H2,1,3-5H3/t12-,13?,14+,15+,16-,17-/m0/s1. The van der Waals surface area contributed by atoms with Crippen LogP contribution in [0.5, 0.6) is 0 Å². The van der Waals surface area contributed by atoms with E-state index in [0.717, 1.165) is 25.7 Å². The maximum absolute atomic E-state index is 12.6. The van der Waals surface area contributed by atoms with E-state index < -0.39 is 6.09 Å². The minimum Gasteiger partial charge on any atom is -0.461 e. The van der Waals surface area contributed by atoms with Gasteiger partial charge < -0.3 is 14.8 Å². The summed E-state index contributed by atoms with van der Waals surface area (Å²) in [5, 5.41) is 3.07. The highest BCUT2D eigenvalue weighted by atomic mass is 16.6. The summed E-state index contributed by atoms with van der Waals surface area (Å²) in [5.41, 5.74) is 0. The number of amides is 1. The maximum atomic E-state index is 12.6. The van der Waals surface area contributed by atoms with E-state index in [4.69, 9.17) is 15.9 Å². The summed E-state index contributed by atoms with van der Waals surface area (Å²) in [7, 11) is 3.15. The van der Waals surface area contributed by atoms with Crippen LogP contribution in [-0.4, -0.2) is 55.3 Å². The third-order valence-corrected chi connectivity index (χ3v) is 5.77. The van der Waals surface area contributed by atoms with Gasteiger partial charge in [-0.25, -0.2) is 4.79 Å². The number of hydrogen-bond acceptors (Lipinski definition) is 5. The molecule has 6 nitrogen and oxygen atoms in total. The number of rotatable bonds is 5. The minimum absolute atomic E-state index is 0.0170. The van der Waals surface area contributed by atoms with E-state index >= 15 is 0 Å². The number of nitrogens with zero attached hydrogens (tertiary/aromatic N) is 1. The molecule has 0 spiro atoms. The second-order valence-electron chi connectivity index (χ2n) is 7.08. The molecule has 140 valence electrons. The molecule has 2 rings (SSSR count). The van der Waals surface area contributed by atoms with Crippen molar-refractivity contribution in [3.05, 3.63) is 0 Å². The third kappa shape index (κ3) is 3.92. The first-order valence-electron chi connectivity index (χ1n) is 9.18. The van der Waals surface area contributed by atoms with Gasteiger partial charge in [0.15, 0.2) is 0 Å². The molecule has 2 aliphatic rings. The number of terminal acetylenes is 1. The Morgan fingerprint density at radius 3 is 2.68 bits per heavy atom. The summed E-state index contributed by atoms with van der Waals surface area (Å²) in [4.78, 5) is 26.4. The lowest BCUT2D eigenvalue weighted by Gasteiger charge is -2.37. The van der Waals surface area contributed by atoms with Gasteiger partial charge in [0.25, 0.3) is 0 Å². The normalized spacial score (nSPS) is 30.8. The summed E-state index contributed by atoms with van der Waals surface area (Å²) in [6, 6.07) is -0.625. The monoisotopic (exact) mass is 350 g/mol. The van der Waals surface area contributed by atoms with Crippen LogP contribution in [0.25, 0.3) is 0 Å². The Bertz CT molecular complexity index is 530. The number of likely N-dealkylation sites (N-methyl/N-ethyl adjacent to an activating group) is 1. The van der Waals surface area contributed by atoms with Crippen LogP contribution >= 0.6 is 0 Å². The summed E-state index contributed by atoms with van der Waals surface area (Å²) in [6.45, 7) is 4.09. The fourth-order valence-electron chi connectivity index (χ4n) is 4.22. The number of fused-ring (bicyclic) bond motifs is 1. The van der Waals surface area contributed by atoms with Crippen molar-refractivity contribution < 1.29 is 19.1 Å². The fourth-order valence-corrected chi connectivity index (χ4v) is 4.22. The molecule has 1 saturated heterocycles. The molecular formula is C19H30N2O4. The van der Waals surface area contributed by atoms with Crippen LogP contribution < -0.4 is 5.32 Å². The molecule has 0 aromatic carbocycles. The molecule has 1 heterocycles. The summed E-state index contributed by atoms with van der Waals surface area (Å²) < 4.78 is 10.8. The van der Waals surface area contributed by atoms with Crippen molar-refractivity contribution in [3.63, 3.8) is 0 Å². The molecule has 1 N–H and O–H groups in total. The van der Waals surface area contributed by atoms with Crippen molar-refractivity contribution in [2.45, 2.75) is 70.2 Å². The highest BCUT2D eigenvalue weighted by Crippen LogP contribution is 2.41. The van der Waals surface area contributed by atoms with Gasteiger partial charge in [0.2, 0.25) is 0 Å². The zero-order valence-electron chi connectivity index (χ0n) is 15.7. The summed E-state index contributed by atoms with van der Waals surface area (Å²) in [5.74, 6) is 2.76. The largest absolute Gasteiger partial charge is 0.461 e. The third-order valence-electron chi connectivity index (χ3n) is 5.77. The topological polar surface area (TPSA) is 67.9 Å². The van der Waals surface area contributed by atoms with Gasteiger partial charge in [-0.3, -0.25) is 9.69 Å². The first kappa shape index (κ1) is 19.6. The summed E-state index contributed by atoms with van der Waals surface area (Å²) in [6.07, 6.45) is 9.17. The predicted molar refractivity (Wildman–Crippen MR) is 94.8 cm³/mol. The molecule has 0 bridgehead atoms. The Morgan fingerprint density at radius 1 is 1.40 bits per heavy atom. The summed E-state index contributed by atoms with van der Waals surface area (Å²) >= 11 is 0. The highest BCUT2D eigenvalue weighted by molar-refractivity contribution is 5.76. The average molecular weight is 350 g/mol. The van der Waals surface area contributed by atoms with Crippen molar-refractivity contribution in [2.24, 2.45) is 11.8 Å². The number of hydrogen-bond donors (Lipinski definition) is 1. The van der Waals surface area contributed by atoms with Crippen molar-refractivity contribution in [3.8, 4) is 12.3 Å². The quantitative estimate of drug-likeness (QED) is 0.608. The molecule has 0 aromatic rings. The first-order valence-corrected chi connectivity index (χ1v) is 9.18. The SMILES string of the molecule is C#CC1C[C@H]2[C@@H](OC(=O)[C@@H](NC)[C@@H](C)CC)CCC[C@H]2N1C(=O)OC. The molecule has 6 heteroatoms. The van der Waals surface area contributed by atoms with E-state index in [1.54, 1.807) is 11.9 Å². The van der Waals surface area contributed by atoms with Crippen LogP contribution in [0.4, 0.5) is 4.79 Å². The zero-order valence-corrected chi connectivity index (χ0v) is 15.7. The van der Waals surface area contributed by atoms with E-state index in [1.165, 1.54) is 7.11 Å². The fraction of sp³-hybridized carbons (Fsp3) is 0.789. The van der Waals surface area contributed by atoms with Gasteiger partial charge in [-0.05, 0) is 38.6 Å². The lowest BCUT2D eigenvalue weighted by molar-refractivity contribution is -0.158. The Hall–Kier alpha value is -1.74. The lowest BCUT2D eigenvalue weighted by Crippen LogP contribution is -2.48. The molecule has 0 aromatic heterocycles. The zero-order chi connectivity index (χ0) is 18.6. The number of methoxy groups -OCH3 is 1. The van der Waals surface area contributed by atoms with Gasteiger partial charge in [-0.1, -0.05) is 26.2 Å². The molecule has 1 aliphatic heterocycles. The van der Waals surface area contributed by atoms with Crippen molar-refractivity contribution in [1.82, 2.24) is 10.2 Å². The smallest absolute Gasteiger partial charge is 0.410 e. The number of ether oxygens (including phenoxy) is 2. The van der Waals surface area contributed by atoms with Gasteiger partial charge in [0.1, 0.15) is 12.1 Å². The Labute approximate surface area is 150 Å². The first-order chi connectivity index (χ1) is 12.0. The molecular weight excluding hydrogens is 320 g/mol. The van der Waals surface area contributed by atoms with E-state index in [0.29, 0.717) is 6.42 Å². The van der Waals surface area contributed by atoms with Crippen LogP contribution in [0.3, 0.4) is 0 Å². The Kier molecular flexibility index (Phi) is 6.71. The van der Waals surface area contributed by atoms with Gasteiger partial charge in [0, 0.05) is 12.0 Å². The molecule has 0 radical (unpaired) electrons. The maximum Gasteiger partial charge on any atom is 0.410 e. The van der Waals surface area contributed by atoms with E-state index in [1.807, 2.05) is 6.92 Å². The van der Waals surface area contributed by atoms with Gasteiger partial charge in [-0.15, -0.1) is 6.42 Å². The van der Waals surface area contributed by atoms with Crippen LogP contribution in [-0.2, 0) is 14.3 Å². The second-order valence-corrected chi connectivity index (χ2v) is 7.08.